The van der Waals surface area contributed by atoms with Crippen molar-refractivity contribution in [1.82, 2.24) is 9.88 Å². The molecule has 2 rings (SSSR count). The highest BCUT2D eigenvalue weighted by atomic mass is 16.4. The molecule has 1 N–H and O–H groups in total. The van der Waals surface area contributed by atoms with Gasteiger partial charge in [-0.25, -0.2) is 4.98 Å². The average molecular weight is 238 g/mol. The second-order valence-corrected chi connectivity index (χ2v) is 5.25. The summed E-state index contributed by atoms with van der Waals surface area (Å²) in [7, 11) is 2.17. The lowest BCUT2D eigenvalue weighted by Gasteiger charge is -2.28. The van der Waals surface area contributed by atoms with Gasteiger partial charge in [-0.2, -0.15) is 0 Å². The lowest BCUT2D eigenvalue weighted by Crippen LogP contribution is -2.33. The molecule has 2 heterocycles. The maximum absolute atomic E-state index is 9.28. The fraction of sp³-hybridized carbons (Fsp3) is 0.769. The predicted molar refractivity (Wildman–Crippen MR) is 65.8 cm³/mol. The van der Waals surface area contributed by atoms with E-state index in [1.807, 2.05) is 0 Å². The van der Waals surface area contributed by atoms with E-state index in [4.69, 9.17) is 4.42 Å². The Hall–Kier alpha value is -0.870. The maximum atomic E-state index is 9.28. The molecular formula is C13H22N2O2. The van der Waals surface area contributed by atoms with Crippen molar-refractivity contribution >= 4 is 0 Å². The molecule has 4 heteroatoms. The molecule has 2 atom stereocenters. The summed E-state index contributed by atoms with van der Waals surface area (Å²) < 4.78 is 5.64. The van der Waals surface area contributed by atoms with Crippen LogP contribution in [-0.2, 0) is 12.8 Å². The van der Waals surface area contributed by atoms with E-state index in [2.05, 4.69) is 16.9 Å². The summed E-state index contributed by atoms with van der Waals surface area (Å²) in [4.78, 5) is 6.66. The van der Waals surface area contributed by atoms with Gasteiger partial charge in [-0.1, -0.05) is 0 Å². The molecule has 0 saturated carbocycles. The molecule has 1 aliphatic rings. The zero-order valence-electron chi connectivity index (χ0n) is 10.7. The van der Waals surface area contributed by atoms with Crippen LogP contribution in [0.3, 0.4) is 0 Å². The van der Waals surface area contributed by atoms with Crippen molar-refractivity contribution in [2.45, 2.75) is 38.7 Å². The van der Waals surface area contributed by atoms with Crippen LogP contribution in [0.25, 0.3) is 0 Å². The Balaban J connectivity index is 1.87. The van der Waals surface area contributed by atoms with Crippen LogP contribution in [0.1, 0.15) is 31.4 Å². The summed E-state index contributed by atoms with van der Waals surface area (Å²) in [5, 5.41) is 9.28. The number of aliphatic hydroxyl groups excluding tert-OH is 1. The third-order valence-corrected chi connectivity index (χ3v) is 3.28. The molecule has 1 aliphatic heterocycles. The molecule has 0 bridgehead atoms. The zero-order chi connectivity index (χ0) is 12.3. The monoisotopic (exact) mass is 238 g/mol. The largest absolute Gasteiger partial charge is 0.446 e. The van der Waals surface area contributed by atoms with Gasteiger partial charge in [-0.15, -0.1) is 0 Å². The number of nitrogens with zero attached hydrogens (tertiary/aromatic N) is 2. The topological polar surface area (TPSA) is 49.5 Å². The number of hydrogen-bond acceptors (Lipinski definition) is 4. The van der Waals surface area contributed by atoms with Crippen LogP contribution in [-0.4, -0.2) is 41.2 Å². The number of aromatic nitrogens is 1. The summed E-state index contributed by atoms with van der Waals surface area (Å²) in [6.07, 6.45) is 5.38. The summed E-state index contributed by atoms with van der Waals surface area (Å²) in [5.41, 5.74) is 0. The first-order valence-electron chi connectivity index (χ1n) is 6.43. The first-order chi connectivity index (χ1) is 8.13. The van der Waals surface area contributed by atoms with Crippen LogP contribution < -0.4 is 0 Å². The minimum absolute atomic E-state index is 0.364. The normalized spacial score (nSPS) is 23.8. The highest BCUT2D eigenvalue weighted by Crippen LogP contribution is 2.20. The Bertz CT molecular complexity index is 349. The summed E-state index contributed by atoms with van der Waals surface area (Å²) in [5.74, 6) is 2.27. The van der Waals surface area contributed by atoms with Gasteiger partial charge in [-0.3, -0.25) is 0 Å². The van der Waals surface area contributed by atoms with Gasteiger partial charge in [0.25, 0.3) is 0 Å². The van der Waals surface area contributed by atoms with Gasteiger partial charge in [0.15, 0.2) is 5.89 Å². The molecule has 0 aromatic carbocycles. The minimum atomic E-state index is -0.364. The van der Waals surface area contributed by atoms with Crippen LogP contribution in [0.15, 0.2) is 10.6 Å². The molecular weight excluding hydrogens is 216 g/mol. The summed E-state index contributed by atoms with van der Waals surface area (Å²) in [6, 6.07) is 0. The quantitative estimate of drug-likeness (QED) is 0.863. The molecule has 1 aromatic heterocycles. The van der Waals surface area contributed by atoms with Crippen molar-refractivity contribution in [2.24, 2.45) is 5.92 Å². The lowest BCUT2D eigenvalue weighted by atomic mass is 9.95. The summed E-state index contributed by atoms with van der Waals surface area (Å²) in [6.45, 7) is 4.10. The summed E-state index contributed by atoms with van der Waals surface area (Å²) >= 11 is 0. The average Bonchev–Trinajstić information content (AvgIpc) is 2.64. The van der Waals surface area contributed by atoms with Crippen molar-refractivity contribution in [1.29, 1.82) is 0 Å². The third-order valence-electron chi connectivity index (χ3n) is 3.28. The van der Waals surface area contributed by atoms with Gasteiger partial charge in [0, 0.05) is 19.4 Å². The number of piperidine rings is 1. The Morgan fingerprint density at radius 1 is 1.65 bits per heavy atom. The Morgan fingerprint density at radius 2 is 2.47 bits per heavy atom. The van der Waals surface area contributed by atoms with Crippen LogP contribution >= 0.6 is 0 Å². The fourth-order valence-electron chi connectivity index (χ4n) is 2.51. The van der Waals surface area contributed by atoms with Crippen molar-refractivity contribution in [3.63, 3.8) is 0 Å². The Morgan fingerprint density at radius 3 is 3.18 bits per heavy atom. The van der Waals surface area contributed by atoms with Crippen LogP contribution in [0.4, 0.5) is 0 Å². The van der Waals surface area contributed by atoms with E-state index in [1.165, 1.54) is 19.4 Å². The van der Waals surface area contributed by atoms with Crippen LogP contribution in [0, 0.1) is 5.92 Å². The molecule has 1 aromatic rings. The van der Waals surface area contributed by atoms with Gasteiger partial charge in [0.1, 0.15) is 5.76 Å². The van der Waals surface area contributed by atoms with E-state index >= 15 is 0 Å². The second-order valence-electron chi connectivity index (χ2n) is 5.25. The van der Waals surface area contributed by atoms with E-state index in [1.54, 1.807) is 13.1 Å². The van der Waals surface area contributed by atoms with Gasteiger partial charge in [0.05, 0.1) is 12.3 Å². The van der Waals surface area contributed by atoms with E-state index in [0.29, 0.717) is 12.3 Å². The molecule has 0 aliphatic carbocycles. The Labute approximate surface area is 103 Å². The lowest BCUT2D eigenvalue weighted by molar-refractivity contribution is 0.183. The highest BCUT2D eigenvalue weighted by molar-refractivity contribution is 4.96. The van der Waals surface area contributed by atoms with Gasteiger partial charge in [0.2, 0.25) is 0 Å². The van der Waals surface area contributed by atoms with Crippen LogP contribution in [0.2, 0.25) is 0 Å². The molecule has 1 fully saturated rings. The molecule has 0 radical (unpaired) electrons. The smallest absolute Gasteiger partial charge is 0.194 e. The molecule has 2 unspecified atom stereocenters. The van der Waals surface area contributed by atoms with Gasteiger partial charge in [-0.05, 0) is 39.3 Å². The number of hydrogen-bond donors (Lipinski definition) is 1. The number of aliphatic hydroxyl groups is 1. The molecule has 0 amide bonds. The van der Waals surface area contributed by atoms with E-state index in [9.17, 15) is 5.11 Å². The third kappa shape index (κ3) is 3.82. The predicted octanol–water partition coefficient (Wildman–Crippen LogP) is 1.48. The number of rotatable bonds is 4. The van der Waals surface area contributed by atoms with Gasteiger partial charge < -0.3 is 14.4 Å². The molecule has 0 spiro atoms. The first-order valence-corrected chi connectivity index (χ1v) is 6.43. The standard InChI is InChI=1S/C13H22N2O2/c1-10(16)6-12-8-14-13(17-12)7-11-4-3-5-15(2)9-11/h8,10-11,16H,3-7,9H2,1-2H3. The van der Waals surface area contributed by atoms with Crippen LogP contribution in [0.5, 0.6) is 0 Å². The van der Waals surface area contributed by atoms with E-state index < -0.39 is 0 Å². The van der Waals surface area contributed by atoms with Crippen molar-refractivity contribution in [3.05, 3.63) is 17.8 Å². The maximum Gasteiger partial charge on any atom is 0.194 e. The fourth-order valence-corrected chi connectivity index (χ4v) is 2.51. The molecule has 4 nitrogen and oxygen atoms in total. The number of likely N-dealkylation sites (tertiary alicyclic amines) is 1. The van der Waals surface area contributed by atoms with E-state index in [0.717, 1.165) is 24.6 Å². The highest BCUT2D eigenvalue weighted by Gasteiger charge is 2.19. The van der Waals surface area contributed by atoms with Crippen molar-refractivity contribution in [2.75, 3.05) is 20.1 Å². The molecule has 17 heavy (non-hydrogen) atoms. The second kappa shape index (κ2) is 5.65. The van der Waals surface area contributed by atoms with Crippen molar-refractivity contribution < 1.29 is 9.52 Å². The molecule has 96 valence electrons. The van der Waals surface area contributed by atoms with E-state index in [-0.39, 0.29) is 6.10 Å². The number of oxazole rings is 1. The SMILES string of the molecule is CC(O)Cc1cnc(CC2CCCN(C)C2)o1. The van der Waals surface area contributed by atoms with Crippen molar-refractivity contribution in [3.8, 4) is 0 Å². The zero-order valence-corrected chi connectivity index (χ0v) is 10.7. The van der Waals surface area contributed by atoms with Gasteiger partial charge >= 0.3 is 0 Å². The molecule has 1 saturated heterocycles. The minimum Gasteiger partial charge on any atom is -0.446 e. The first kappa shape index (κ1) is 12.6. The Kier molecular flexibility index (Phi) is 4.18.